The van der Waals surface area contributed by atoms with Gasteiger partial charge in [-0.15, -0.1) is 5.10 Å². The SMILES string of the molecule is CCNCc1cccc(NC(=O)c2n[nH]c(C3CC3)n2)c1. The van der Waals surface area contributed by atoms with Crippen molar-refractivity contribution in [1.82, 2.24) is 20.5 Å². The standard InChI is InChI=1S/C15H19N5O/c1-2-16-9-10-4-3-5-12(8-10)17-15(21)14-18-13(19-20-14)11-6-7-11/h3-5,8,11,16H,2,6-7,9H2,1H3,(H,17,21)(H,18,19,20). The number of aromatic nitrogens is 3. The maximum absolute atomic E-state index is 12.1. The zero-order chi connectivity index (χ0) is 14.7. The molecule has 110 valence electrons. The van der Waals surface area contributed by atoms with Crippen LogP contribution in [0.3, 0.4) is 0 Å². The van der Waals surface area contributed by atoms with E-state index in [0.717, 1.165) is 43.0 Å². The van der Waals surface area contributed by atoms with Gasteiger partial charge in [-0.3, -0.25) is 9.89 Å². The number of carbonyl (C=O) groups is 1. The van der Waals surface area contributed by atoms with Crippen molar-refractivity contribution in [3.8, 4) is 0 Å². The normalized spacial score (nSPS) is 14.1. The van der Waals surface area contributed by atoms with E-state index in [1.165, 1.54) is 0 Å². The molecule has 1 fully saturated rings. The highest BCUT2D eigenvalue weighted by atomic mass is 16.2. The van der Waals surface area contributed by atoms with E-state index in [-0.39, 0.29) is 11.7 Å². The summed E-state index contributed by atoms with van der Waals surface area (Å²) in [4.78, 5) is 16.4. The molecule has 6 nitrogen and oxygen atoms in total. The van der Waals surface area contributed by atoms with E-state index in [9.17, 15) is 4.79 Å². The lowest BCUT2D eigenvalue weighted by atomic mass is 10.2. The molecule has 0 saturated heterocycles. The molecule has 1 aliphatic carbocycles. The van der Waals surface area contributed by atoms with Crippen molar-refractivity contribution in [3.05, 3.63) is 41.5 Å². The van der Waals surface area contributed by atoms with Crippen LogP contribution in [0.5, 0.6) is 0 Å². The quantitative estimate of drug-likeness (QED) is 0.758. The largest absolute Gasteiger partial charge is 0.319 e. The van der Waals surface area contributed by atoms with Gasteiger partial charge in [-0.1, -0.05) is 19.1 Å². The van der Waals surface area contributed by atoms with Crippen LogP contribution in [0, 0.1) is 0 Å². The summed E-state index contributed by atoms with van der Waals surface area (Å²) in [5.41, 5.74) is 1.89. The van der Waals surface area contributed by atoms with Crippen molar-refractivity contribution < 1.29 is 4.79 Å². The first kappa shape index (κ1) is 13.8. The van der Waals surface area contributed by atoms with E-state index in [2.05, 4.69) is 32.7 Å². The number of hydrogen-bond donors (Lipinski definition) is 3. The van der Waals surface area contributed by atoms with Gasteiger partial charge in [0.05, 0.1) is 0 Å². The first-order valence-electron chi connectivity index (χ1n) is 7.29. The molecule has 0 radical (unpaired) electrons. The highest BCUT2D eigenvalue weighted by Gasteiger charge is 2.28. The second-order valence-electron chi connectivity index (χ2n) is 5.25. The minimum Gasteiger partial charge on any atom is -0.319 e. The summed E-state index contributed by atoms with van der Waals surface area (Å²) in [6.07, 6.45) is 2.26. The third-order valence-electron chi connectivity index (χ3n) is 3.43. The van der Waals surface area contributed by atoms with Crippen LogP contribution >= 0.6 is 0 Å². The topological polar surface area (TPSA) is 82.7 Å². The summed E-state index contributed by atoms with van der Waals surface area (Å²) in [5.74, 6) is 1.20. The van der Waals surface area contributed by atoms with Crippen LogP contribution in [0.4, 0.5) is 5.69 Å². The van der Waals surface area contributed by atoms with Crippen molar-refractivity contribution in [2.45, 2.75) is 32.2 Å². The number of anilines is 1. The number of benzene rings is 1. The number of amides is 1. The predicted molar refractivity (Wildman–Crippen MR) is 80.1 cm³/mol. The van der Waals surface area contributed by atoms with E-state index < -0.39 is 0 Å². The van der Waals surface area contributed by atoms with Crippen LogP contribution < -0.4 is 10.6 Å². The average molecular weight is 285 g/mol. The lowest BCUT2D eigenvalue weighted by Crippen LogP contribution is -2.15. The maximum atomic E-state index is 12.1. The highest BCUT2D eigenvalue weighted by molar-refractivity contribution is 6.01. The Morgan fingerprint density at radius 1 is 1.43 bits per heavy atom. The average Bonchev–Trinajstić information content (AvgIpc) is 3.22. The molecule has 1 aromatic carbocycles. The molecule has 0 unspecified atom stereocenters. The molecule has 3 rings (SSSR count). The van der Waals surface area contributed by atoms with Crippen LogP contribution in [0.1, 0.15) is 47.7 Å². The Labute approximate surface area is 123 Å². The van der Waals surface area contributed by atoms with Gasteiger partial charge in [0.2, 0.25) is 5.82 Å². The molecular weight excluding hydrogens is 266 g/mol. The lowest BCUT2D eigenvalue weighted by Gasteiger charge is -2.06. The van der Waals surface area contributed by atoms with Gasteiger partial charge in [-0.25, -0.2) is 4.98 Å². The van der Waals surface area contributed by atoms with Crippen LogP contribution in [0.15, 0.2) is 24.3 Å². The van der Waals surface area contributed by atoms with Crippen molar-refractivity contribution in [1.29, 1.82) is 0 Å². The summed E-state index contributed by atoms with van der Waals surface area (Å²) >= 11 is 0. The van der Waals surface area contributed by atoms with Crippen molar-refractivity contribution >= 4 is 11.6 Å². The summed E-state index contributed by atoms with van der Waals surface area (Å²) in [6, 6.07) is 7.77. The summed E-state index contributed by atoms with van der Waals surface area (Å²) in [5, 5.41) is 12.9. The van der Waals surface area contributed by atoms with Gasteiger partial charge >= 0.3 is 0 Å². The molecule has 0 atom stereocenters. The Hall–Kier alpha value is -2.21. The summed E-state index contributed by atoms with van der Waals surface area (Å²) in [6.45, 7) is 3.76. The fourth-order valence-electron chi connectivity index (χ4n) is 2.13. The van der Waals surface area contributed by atoms with Crippen molar-refractivity contribution in [3.63, 3.8) is 0 Å². The molecule has 1 amide bonds. The first-order chi connectivity index (χ1) is 10.3. The second-order valence-corrected chi connectivity index (χ2v) is 5.25. The fraction of sp³-hybridized carbons (Fsp3) is 0.400. The number of H-pyrrole nitrogens is 1. The summed E-state index contributed by atoms with van der Waals surface area (Å²) < 4.78 is 0. The Bertz CT molecular complexity index is 632. The third-order valence-corrected chi connectivity index (χ3v) is 3.43. The van der Waals surface area contributed by atoms with E-state index in [1.54, 1.807) is 0 Å². The number of carbonyl (C=O) groups excluding carboxylic acids is 1. The van der Waals surface area contributed by atoms with Crippen LogP contribution in [0.25, 0.3) is 0 Å². The Morgan fingerprint density at radius 2 is 2.29 bits per heavy atom. The van der Waals surface area contributed by atoms with Crippen molar-refractivity contribution in [2.75, 3.05) is 11.9 Å². The summed E-state index contributed by atoms with van der Waals surface area (Å²) in [7, 11) is 0. The monoisotopic (exact) mass is 285 g/mol. The predicted octanol–water partition coefficient (Wildman–Crippen LogP) is 2.04. The molecule has 1 heterocycles. The minimum absolute atomic E-state index is 0.203. The fourth-order valence-corrected chi connectivity index (χ4v) is 2.13. The van der Waals surface area contributed by atoms with E-state index in [1.807, 2.05) is 24.3 Å². The Kier molecular flexibility index (Phi) is 3.96. The van der Waals surface area contributed by atoms with Crippen LogP contribution in [-0.4, -0.2) is 27.6 Å². The molecule has 0 bridgehead atoms. The first-order valence-corrected chi connectivity index (χ1v) is 7.29. The van der Waals surface area contributed by atoms with Gasteiger partial charge in [0, 0.05) is 18.2 Å². The number of rotatable bonds is 6. The van der Waals surface area contributed by atoms with Crippen LogP contribution in [-0.2, 0) is 6.54 Å². The number of nitrogens with zero attached hydrogens (tertiary/aromatic N) is 2. The second kappa shape index (κ2) is 6.05. The van der Waals surface area contributed by atoms with Gasteiger partial charge in [0.1, 0.15) is 5.82 Å². The number of hydrogen-bond acceptors (Lipinski definition) is 4. The third kappa shape index (κ3) is 3.46. The molecule has 6 heteroatoms. The highest BCUT2D eigenvalue weighted by Crippen LogP contribution is 2.37. The van der Waals surface area contributed by atoms with Gasteiger partial charge in [0.25, 0.3) is 5.91 Å². The number of aromatic amines is 1. The smallest absolute Gasteiger partial charge is 0.295 e. The van der Waals surface area contributed by atoms with Crippen molar-refractivity contribution in [2.24, 2.45) is 0 Å². The zero-order valence-electron chi connectivity index (χ0n) is 12.0. The van der Waals surface area contributed by atoms with Crippen LogP contribution in [0.2, 0.25) is 0 Å². The molecular formula is C15H19N5O. The molecule has 2 aromatic rings. The maximum Gasteiger partial charge on any atom is 0.295 e. The van der Waals surface area contributed by atoms with E-state index >= 15 is 0 Å². The van der Waals surface area contributed by atoms with E-state index in [0.29, 0.717) is 5.92 Å². The van der Waals surface area contributed by atoms with Gasteiger partial charge in [-0.2, -0.15) is 0 Å². The van der Waals surface area contributed by atoms with Gasteiger partial charge < -0.3 is 10.6 Å². The molecule has 1 saturated carbocycles. The molecule has 1 aromatic heterocycles. The lowest BCUT2D eigenvalue weighted by molar-refractivity contribution is 0.101. The van der Waals surface area contributed by atoms with E-state index in [4.69, 9.17) is 0 Å². The molecule has 0 spiro atoms. The Morgan fingerprint density at radius 3 is 3.05 bits per heavy atom. The molecule has 1 aliphatic rings. The molecule has 3 N–H and O–H groups in total. The number of nitrogens with one attached hydrogen (secondary N) is 3. The molecule has 0 aliphatic heterocycles. The Balaban J connectivity index is 1.65. The van der Waals surface area contributed by atoms with Gasteiger partial charge in [0.15, 0.2) is 0 Å². The van der Waals surface area contributed by atoms with Gasteiger partial charge in [-0.05, 0) is 37.1 Å². The zero-order valence-corrected chi connectivity index (χ0v) is 12.0. The molecule has 21 heavy (non-hydrogen) atoms. The minimum atomic E-state index is -0.279.